The highest BCUT2D eigenvalue weighted by atomic mass is 16.5. The van der Waals surface area contributed by atoms with Crippen molar-refractivity contribution >= 4 is 17.5 Å². The van der Waals surface area contributed by atoms with Crippen molar-refractivity contribution in [2.45, 2.75) is 18.5 Å². The average molecular weight is 378 g/mol. The maximum absolute atomic E-state index is 12.8. The molecule has 1 saturated heterocycles. The number of para-hydroxylation sites is 1. The van der Waals surface area contributed by atoms with E-state index in [2.05, 4.69) is 15.8 Å². The zero-order valence-corrected chi connectivity index (χ0v) is 15.0. The van der Waals surface area contributed by atoms with Gasteiger partial charge in [-0.25, -0.2) is 0 Å². The molecule has 2 aromatic heterocycles. The van der Waals surface area contributed by atoms with Crippen LogP contribution in [-0.4, -0.2) is 40.6 Å². The normalized spacial score (nSPS) is 17.7. The van der Waals surface area contributed by atoms with Gasteiger partial charge in [-0.3, -0.25) is 9.59 Å². The molecular formula is C20H18N4O4. The second kappa shape index (κ2) is 6.26. The predicted molar refractivity (Wildman–Crippen MR) is 99.6 cm³/mol. The van der Waals surface area contributed by atoms with Crippen LogP contribution in [0.1, 0.15) is 33.7 Å². The Bertz CT molecular complexity index is 1030. The number of piperidine rings is 1. The number of carbonyl (C=O) groups is 2. The van der Waals surface area contributed by atoms with Crippen molar-refractivity contribution in [1.82, 2.24) is 15.4 Å². The summed E-state index contributed by atoms with van der Waals surface area (Å²) in [5, 5.41) is 10.4. The Labute approximate surface area is 160 Å². The maximum atomic E-state index is 12.8. The summed E-state index contributed by atoms with van der Waals surface area (Å²) in [7, 11) is 0. The summed E-state index contributed by atoms with van der Waals surface area (Å²) in [6.07, 6.45) is 2.73. The van der Waals surface area contributed by atoms with Gasteiger partial charge in [0, 0.05) is 37.7 Å². The number of hydrogen-bond donors (Lipinski definition) is 2. The number of carbonyl (C=O) groups excluding carboxylic acids is 2. The van der Waals surface area contributed by atoms with Crippen molar-refractivity contribution in [3.63, 3.8) is 0 Å². The molecule has 2 aliphatic rings. The molecular weight excluding hydrogens is 360 g/mol. The predicted octanol–water partition coefficient (Wildman–Crippen LogP) is 2.72. The number of nitrogens with zero attached hydrogens (tertiary/aromatic N) is 2. The molecule has 0 radical (unpaired) electrons. The molecule has 8 heteroatoms. The summed E-state index contributed by atoms with van der Waals surface area (Å²) < 4.78 is 10.5. The zero-order valence-electron chi connectivity index (χ0n) is 15.0. The molecule has 0 bridgehead atoms. The van der Waals surface area contributed by atoms with Crippen molar-refractivity contribution < 1.29 is 18.5 Å². The first-order chi connectivity index (χ1) is 13.6. The topological polar surface area (TPSA) is 101 Å². The Morgan fingerprint density at radius 2 is 1.89 bits per heavy atom. The number of likely N-dealkylation sites (tertiary alicyclic amines) is 1. The summed E-state index contributed by atoms with van der Waals surface area (Å²) in [5.41, 5.74) is 1.17. The molecule has 0 unspecified atom stereocenters. The number of hydrogen-bond acceptors (Lipinski definition) is 6. The first-order valence-electron chi connectivity index (χ1n) is 9.13. The van der Waals surface area contributed by atoms with E-state index in [4.69, 9.17) is 8.94 Å². The lowest BCUT2D eigenvalue weighted by molar-refractivity contribution is 0.0631. The monoisotopic (exact) mass is 378 g/mol. The number of anilines is 1. The van der Waals surface area contributed by atoms with E-state index in [1.165, 1.54) is 6.26 Å². The second-order valence-electron chi connectivity index (χ2n) is 7.05. The van der Waals surface area contributed by atoms with Crippen LogP contribution in [0.5, 0.6) is 0 Å². The standard InChI is InChI=1S/C20H18N4O4/c25-18-13-4-1-2-5-14(13)21-20(22-18)7-9-24(10-8-20)19(26)15-12-17(28-23-15)16-6-3-11-27-16/h1-6,11-12,21H,7-10H2,(H,22,25). The van der Waals surface area contributed by atoms with Crippen LogP contribution in [0.25, 0.3) is 11.5 Å². The molecule has 5 rings (SSSR count). The van der Waals surface area contributed by atoms with Gasteiger partial charge in [-0.05, 0) is 24.3 Å². The van der Waals surface area contributed by atoms with Gasteiger partial charge in [0.05, 0.1) is 11.8 Å². The van der Waals surface area contributed by atoms with E-state index in [0.717, 1.165) is 5.69 Å². The van der Waals surface area contributed by atoms with Gasteiger partial charge in [0.25, 0.3) is 11.8 Å². The van der Waals surface area contributed by atoms with Crippen molar-refractivity contribution in [3.8, 4) is 11.5 Å². The van der Waals surface area contributed by atoms with E-state index < -0.39 is 5.66 Å². The number of rotatable bonds is 2. The molecule has 3 aromatic rings. The number of nitrogens with one attached hydrogen (secondary N) is 2. The molecule has 1 fully saturated rings. The van der Waals surface area contributed by atoms with Crippen molar-refractivity contribution in [1.29, 1.82) is 0 Å². The summed E-state index contributed by atoms with van der Waals surface area (Å²) in [4.78, 5) is 27.0. The van der Waals surface area contributed by atoms with E-state index >= 15 is 0 Å². The first kappa shape index (κ1) is 16.6. The highest BCUT2D eigenvalue weighted by Gasteiger charge is 2.41. The van der Waals surface area contributed by atoms with E-state index in [1.807, 2.05) is 18.2 Å². The number of benzene rings is 1. The lowest BCUT2D eigenvalue weighted by Gasteiger charge is -2.45. The fourth-order valence-corrected chi connectivity index (χ4v) is 3.78. The molecule has 2 aliphatic heterocycles. The Kier molecular flexibility index (Phi) is 3.71. The Hall–Kier alpha value is -3.55. The van der Waals surface area contributed by atoms with E-state index in [0.29, 0.717) is 43.0 Å². The van der Waals surface area contributed by atoms with Crippen LogP contribution in [0, 0.1) is 0 Å². The number of furan rings is 1. The van der Waals surface area contributed by atoms with Gasteiger partial charge < -0.3 is 24.5 Å². The minimum atomic E-state index is -0.536. The minimum absolute atomic E-state index is 0.0892. The van der Waals surface area contributed by atoms with Gasteiger partial charge in [-0.2, -0.15) is 0 Å². The van der Waals surface area contributed by atoms with Crippen molar-refractivity contribution in [2.24, 2.45) is 0 Å². The SMILES string of the molecule is O=C1NC2(CCN(C(=O)c3cc(-c4ccco4)on3)CC2)Nc2ccccc21. The molecule has 0 aliphatic carbocycles. The number of fused-ring (bicyclic) bond motifs is 1. The summed E-state index contributed by atoms with van der Waals surface area (Å²) in [5.74, 6) is 0.657. The van der Waals surface area contributed by atoms with Gasteiger partial charge in [-0.15, -0.1) is 0 Å². The van der Waals surface area contributed by atoms with Crippen LogP contribution < -0.4 is 10.6 Å². The second-order valence-corrected chi connectivity index (χ2v) is 7.05. The zero-order chi connectivity index (χ0) is 19.1. The lowest BCUT2D eigenvalue weighted by Crippen LogP contribution is -2.62. The summed E-state index contributed by atoms with van der Waals surface area (Å²) in [6.45, 7) is 0.994. The van der Waals surface area contributed by atoms with Gasteiger partial charge >= 0.3 is 0 Å². The molecule has 8 nitrogen and oxygen atoms in total. The largest absolute Gasteiger partial charge is 0.461 e. The summed E-state index contributed by atoms with van der Waals surface area (Å²) >= 11 is 0. The van der Waals surface area contributed by atoms with E-state index in [1.54, 1.807) is 29.2 Å². The number of aromatic nitrogens is 1. The van der Waals surface area contributed by atoms with Crippen molar-refractivity contribution in [2.75, 3.05) is 18.4 Å². The van der Waals surface area contributed by atoms with Crippen LogP contribution >= 0.6 is 0 Å². The molecule has 28 heavy (non-hydrogen) atoms. The fourth-order valence-electron chi connectivity index (χ4n) is 3.78. The average Bonchev–Trinajstić information content (AvgIpc) is 3.40. The van der Waals surface area contributed by atoms with Crippen LogP contribution in [0.3, 0.4) is 0 Å². The smallest absolute Gasteiger partial charge is 0.276 e. The molecule has 4 heterocycles. The van der Waals surface area contributed by atoms with Crippen molar-refractivity contribution in [3.05, 3.63) is 60.0 Å². The third kappa shape index (κ3) is 2.74. The minimum Gasteiger partial charge on any atom is -0.461 e. The third-order valence-corrected chi connectivity index (χ3v) is 5.30. The Balaban J connectivity index is 1.29. The number of amides is 2. The lowest BCUT2D eigenvalue weighted by atomic mass is 9.92. The Morgan fingerprint density at radius 1 is 1.07 bits per heavy atom. The molecule has 0 atom stereocenters. The molecule has 1 aromatic carbocycles. The van der Waals surface area contributed by atoms with Gasteiger partial charge in [0.2, 0.25) is 5.76 Å². The highest BCUT2D eigenvalue weighted by Crippen LogP contribution is 2.31. The maximum Gasteiger partial charge on any atom is 0.276 e. The third-order valence-electron chi connectivity index (χ3n) is 5.30. The van der Waals surface area contributed by atoms with Crippen LogP contribution in [0.4, 0.5) is 5.69 Å². The van der Waals surface area contributed by atoms with Crippen LogP contribution in [-0.2, 0) is 0 Å². The molecule has 1 spiro atoms. The van der Waals surface area contributed by atoms with Crippen LogP contribution in [0.15, 0.2) is 57.7 Å². The van der Waals surface area contributed by atoms with Gasteiger partial charge in [0.1, 0.15) is 5.66 Å². The van der Waals surface area contributed by atoms with Crippen LogP contribution in [0.2, 0.25) is 0 Å². The molecule has 142 valence electrons. The first-order valence-corrected chi connectivity index (χ1v) is 9.13. The molecule has 0 saturated carbocycles. The molecule has 2 N–H and O–H groups in total. The van der Waals surface area contributed by atoms with E-state index in [9.17, 15) is 9.59 Å². The van der Waals surface area contributed by atoms with E-state index in [-0.39, 0.29) is 17.5 Å². The van der Waals surface area contributed by atoms with Gasteiger partial charge in [0.15, 0.2) is 11.5 Å². The Morgan fingerprint density at radius 3 is 2.68 bits per heavy atom. The highest BCUT2D eigenvalue weighted by molar-refractivity contribution is 6.02. The summed E-state index contributed by atoms with van der Waals surface area (Å²) in [6, 6.07) is 12.5. The van der Waals surface area contributed by atoms with Gasteiger partial charge in [-0.1, -0.05) is 17.3 Å². The molecule has 2 amide bonds. The quantitative estimate of drug-likeness (QED) is 0.711. The fraction of sp³-hybridized carbons (Fsp3) is 0.250.